The molecule has 3 nitrogen and oxygen atoms in total. The molecule has 0 radical (unpaired) electrons. The van der Waals surface area contributed by atoms with E-state index in [4.69, 9.17) is 14.6 Å². The number of ether oxygens (including phenoxy) is 2. The maximum atomic E-state index is 9.09. The zero-order chi connectivity index (χ0) is 12.5. The lowest BCUT2D eigenvalue weighted by atomic mass is 10.3. The van der Waals surface area contributed by atoms with Crippen molar-refractivity contribution in [3.63, 3.8) is 0 Å². The molecule has 1 aromatic rings. The smallest absolute Gasteiger partial charge is 0.119 e. The van der Waals surface area contributed by atoms with Gasteiger partial charge in [0, 0.05) is 6.61 Å². The van der Waals surface area contributed by atoms with Crippen LogP contribution < -0.4 is 4.74 Å². The van der Waals surface area contributed by atoms with E-state index >= 15 is 0 Å². The number of rotatable bonds is 8. The molecule has 0 fully saturated rings. The van der Waals surface area contributed by atoms with Crippen LogP contribution in [0.15, 0.2) is 36.4 Å². The van der Waals surface area contributed by atoms with Crippen LogP contribution in [0, 0.1) is 0 Å². The lowest BCUT2D eigenvalue weighted by Crippen LogP contribution is -2.02. The molecule has 0 spiro atoms. The summed E-state index contributed by atoms with van der Waals surface area (Å²) in [7, 11) is 0. The first-order valence-electron chi connectivity index (χ1n) is 5.82. The van der Waals surface area contributed by atoms with Crippen LogP contribution >= 0.6 is 0 Å². The summed E-state index contributed by atoms with van der Waals surface area (Å²) in [5.41, 5.74) is 1.05. The molecule has 0 aromatic heterocycles. The maximum Gasteiger partial charge on any atom is 0.119 e. The average molecular weight is 236 g/mol. The Morgan fingerprint density at radius 2 is 1.82 bits per heavy atom. The van der Waals surface area contributed by atoms with E-state index in [0.717, 1.165) is 30.8 Å². The highest BCUT2D eigenvalue weighted by Gasteiger charge is 1.94. The second kappa shape index (κ2) is 7.74. The second-order valence-corrected chi connectivity index (χ2v) is 4.06. The van der Waals surface area contributed by atoms with Gasteiger partial charge in [0.15, 0.2) is 0 Å². The zero-order valence-corrected chi connectivity index (χ0v) is 10.3. The molecule has 0 atom stereocenters. The van der Waals surface area contributed by atoms with Crippen molar-refractivity contribution in [3.8, 4) is 11.5 Å². The molecule has 17 heavy (non-hydrogen) atoms. The van der Waals surface area contributed by atoms with Gasteiger partial charge in [0.1, 0.15) is 11.5 Å². The summed E-state index contributed by atoms with van der Waals surface area (Å²) in [5, 5.41) is 9.09. The Morgan fingerprint density at radius 3 is 2.47 bits per heavy atom. The van der Waals surface area contributed by atoms with E-state index in [-0.39, 0.29) is 5.75 Å². The van der Waals surface area contributed by atoms with Gasteiger partial charge in [-0.3, -0.25) is 0 Å². The molecular formula is C14H20O3. The van der Waals surface area contributed by atoms with Crippen molar-refractivity contribution in [1.29, 1.82) is 0 Å². The molecule has 0 heterocycles. The van der Waals surface area contributed by atoms with Crippen LogP contribution in [0.3, 0.4) is 0 Å². The van der Waals surface area contributed by atoms with Gasteiger partial charge in [0.2, 0.25) is 0 Å². The molecule has 0 aliphatic carbocycles. The number of hydrogen-bond donors (Lipinski definition) is 1. The largest absolute Gasteiger partial charge is 0.508 e. The van der Waals surface area contributed by atoms with E-state index in [1.807, 2.05) is 6.92 Å². The summed E-state index contributed by atoms with van der Waals surface area (Å²) in [4.78, 5) is 0. The molecule has 0 amide bonds. The zero-order valence-electron chi connectivity index (χ0n) is 10.3. The monoisotopic (exact) mass is 236 g/mol. The summed E-state index contributed by atoms with van der Waals surface area (Å²) < 4.78 is 10.9. The van der Waals surface area contributed by atoms with E-state index < -0.39 is 0 Å². The van der Waals surface area contributed by atoms with Gasteiger partial charge in [-0.05, 0) is 44.0 Å². The molecule has 0 saturated heterocycles. The van der Waals surface area contributed by atoms with Gasteiger partial charge >= 0.3 is 0 Å². The lowest BCUT2D eigenvalue weighted by Gasteiger charge is -2.06. The molecule has 0 saturated carbocycles. The van der Waals surface area contributed by atoms with Crippen LogP contribution in [0.25, 0.3) is 0 Å². The molecule has 0 aliphatic rings. The lowest BCUT2D eigenvalue weighted by molar-refractivity contribution is 0.147. The van der Waals surface area contributed by atoms with Crippen molar-refractivity contribution < 1.29 is 14.6 Å². The minimum atomic E-state index is 0.255. The highest BCUT2D eigenvalue weighted by Crippen LogP contribution is 2.15. The Bertz CT molecular complexity index is 330. The van der Waals surface area contributed by atoms with Crippen LogP contribution in [0.5, 0.6) is 11.5 Å². The Hall–Kier alpha value is -1.48. The molecular weight excluding hydrogens is 216 g/mol. The summed E-state index contributed by atoms with van der Waals surface area (Å²) in [6.45, 7) is 7.77. The fraction of sp³-hybridized carbons (Fsp3) is 0.429. The number of benzene rings is 1. The Balaban J connectivity index is 2.01. The van der Waals surface area contributed by atoms with Crippen LogP contribution in [-0.4, -0.2) is 24.9 Å². The standard InChI is InChI=1S/C14H20O3/c1-12(2)11-16-9-3-4-10-17-14-7-5-13(15)6-8-14/h5-8,15H,1,3-4,9-11H2,2H3. The minimum absolute atomic E-state index is 0.255. The third-order valence-electron chi connectivity index (χ3n) is 2.14. The molecule has 1 aromatic carbocycles. The first kappa shape index (κ1) is 13.6. The van der Waals surface area contributed by atoms with Gasteiger partial charge in [-0.1, -0.05) is 12.2 Å². The summed E-state index contributed by atoms with van der Waals surface area (Å²) in [6.07, 6.45) is 1.93. The summed E-state index contributed by atoms with van der Waals surface area (Å²) in [5.74, 6) is 1.04. The number of hydrogen-bond acceptors (Lipinski definition) is 3. The summed E-state index contributed by atoms with van der Waals surface area (Å²) in [6, 6.07) is 6.75. The van der Waals surface area contributed by atoms with E-state index in [0.29, 0.717) is 13.2 Å². The Labute approximate surface area is 103 Å². The molecule has 0 unspecified atom stereocenters. The number of aromatic hydroxyl groups is 1. The van der Waals surface area contributed by atoms with Crippen LogP contribution in [-0.2, 0) is 4.74 Å². The molecule has 1 rings (SSSR count). The van der Waals surface area contributed by atoms with Crippen molar-refractivity contribution >= 4 is 0 Å². The van der Waals surface area contributed by atoms with Crippen molar-refractivity contribution in [2.75, 3.05) is 19.8 Å². The normalized spacial score (nSPS) is 10.2. The van der Waals surface area contributed by atoms with E-state index in [9.17, 15) is 0 Å². The molecule has 3 heteroatoms. The quantitative estimate of drug-likeness (QED) is 0.556. The van der Waals surface area contributed by atoms with Gasteiger partial charge in [0.05, 0.1) is 13.2 Å². The van der Waals surface area contributed by atoms with Gasteiger partial charge in [-0.2, -0.15) is 0 Å². The predicted molar refractivity (Wildman–Crippen MR) is 68.5 cm³/mol. The van der Waals surface area contributed by atoms with E-state index in [2.05, 4.69) is 6.58 Å². The van der Waals surface area contributed by atoms with E-state index in [1.165, 1.54) is 0 Å². The number of phenolic OH excluding ortho intramolecular Hbond substituents is 1. The molecule has 1 N–H and O–H groups in total. The third kappa shape index (κ3) is 6.64. The highest BCUT2D eigenvalue weighted by atomic mass is 16.5. The second-order valence-electron chi connectivity index (χ2n) is 4.06. The maximum absolute atomic E-state index is 9.09. The third-order valence-corrected chi connectivity index (χ3v) is 2.14. The Kier molecular flexibility index (Phi) is 6.18. The van der Waals surface area contributed by atoms with Crippen molar-refractivity contribution in [2.24, 2.45) is 0 Å². The first-order chi connectivity index (χ1) is 8.18. The minimum Gasteiger partial charge on any atom is -0.508 e. The van der Waals surface area contributed by atoms with Crippen LogP contribution in [0.1, 0.15) is 19.8 Å². The predicted octanol–water partition coefficient (Wildman–Crippen LogP) is 3.14. The number of unbranched alkanes of at least 4 members (excludes halogenated alkanes) is 1. The fourth-order valence-electron chi connectivity index (χ4n) is 1.28. The van der Waals surface area contributed by atoms with Crippen LogP contribution in [0.4, 0.5) is 0 Å². The van der Waals surface area contributed by atoms with E-state index in [1.54, 1.807) is 24.3 Å². The van der Waals surface area contributed by atoms with Gasteiger partial charge in [-0.25, -0.2) is 0 Å². The van der Waals surface area contributed by atoms with Gasteiger partial charge < -0.3 is 14.6 Å². The highest BCUT2D eigenvalue weighted by molar-refractivity contribution is 5.29. The first-order valence-corrected chi connectivity index (χ1v) is 5.82. The van der Waals surface area contributed by atoms with Crippen molar-refractivity contribution in [2.45, 2.75) is 19.8 Å². The topological polar surface area (TPSA) is 38.7 Å². The molecule has 0 aliphatic heterocycles. The summed E-state index contributed by atoms with van der Waals surface area (Å²) >= 11 is 0. The molecule has 94 valence electrons. The Morgan fingerprint density at radius 1 is 1.18 bits per heavy atom. The van der Waals surface area contributed by atoms with Crippen molar-refractivity contribution in [1.82, 2.24) is 0 Å². The van der Waals surface area contributed by atoms with Gasteiger partial charge in [0.25, 0.3) is 0 Å². The number of phenols is 1. The van der Waals surface area contributed by atoms with Gasteiger partial charge in [-0.15, -0.1) is 0 Å². The fourth-order valence-corrected chi connectivity index (χ4v) is 1.28. The molecule has 0 bridgehead atoms. The SMILES string of the molecule is C=C(C)COCCCCOc1ccc(O)cc1. The average Bonchev–Trinajstić information content (AvgIpc) is 2.30. The van der Waals surface area contributed by atoms with Crippen molar-refractivity contribution in [3.05, 3.63) is 36.4 Å². The van der Waals surface area contributed by atoms with Crippen LogP contribution in [0.2, 0.25) is 0 Å².